The molecule has 0 atom stereocenters. The van der Waals surface area contributed by atoms with Gasteiger partial charge in [-0.3, -0.25) is 9.59 Å². The Kier molecular flexibility index (Phi) is 8.02. The van der Waals surface area contributed by atoms with Crippen LogP contribution in [0.15, 0.2) is 0 Å². The lowest BCUT2D eigenvalue weighted by Gasteiger charge is -2.32. The van der Waals surface area contributed by atoms with Crippen LogP contribution in [-0.4, -0.2) is 52.0 Å². The molecule has 0 saturated carbocycles. The van der Waals surface area contributed by atoms with E-state index in [0.717, 1.165) is 11.3 Å². The lowest BCUT2D eigenvalue weighted by atomic mass is 10.1. The largest absolute Gasteiger partial charge is 0.477 e. The number of aromatic amines is 1. The lowest BCUT2D eigenvalue weighted by molar-refractivity contribution is -0.121. The van der Waals surface area contributed by atoms with E-state index in [-0.39, 0.29) is 40.0 Å². The minimum absolute atomic E-state index is 0.0519. The number of thiazole rings is 1. The molecule has 1 fully saturated rings. The predicted molar refractivity (Wildman–Crippen MR) is 124 cm³/mol. The van der Waals surface area contributed by atoms with Crippen molar-refractivity contribution >= 4 is 57.5 Å². The van der Waals surface area contributed by atoms with Crippen LogP contribution in [-0.2, 0) is 11.3 Å². The predicted octanol–water partition coefficient (Wildman–Crippen LogP) is 3.60. The topological polar surface area (TPSA) is 127 Å². The number of hydrogen-bond acceptors (Lipinski definition) is 6. The minimum atomic E-state index is -1.06. The molecule has 12 heteroatoms. The van der Waals surface area contributed by atoms with Crippen molar-refractivity contribution in [1.82, 2.24) is 20.6 Å². The van der Waals surface area contributed by atoms with Crippen molar-refractivity contribution in [3.8, 4) is 0 Å². The summed E-state index contributed by atoms with van der Waals surface area (Å²) >= 11 is 13.3. The normalized spacial score (nSPS) is 14.4. The number of carbonyl (C=O) groups is 3. The fraction of sp³-hybridized carbons (Fsp3) is 0.500. The van der Waals surface area contributed by atoms with Crippen molar-refractivity contribution in [3.63, 3.8) is 0 Å². The number of piperidine rings is 1. The van der Waals surface area contributed by atoms with Gasteiger partial charge in [-0.2, -0.15) is 0 Å². The standard InChI is InChI=1S/C20H25Cl2N5O4S/c1-3-4-13(28)23-9-12-17(19(30)31)32-20(26-12)27-7-5-11(6-8-27)25-18(29)16-15(22)14(21)10(2)24-16/h11,24H,3-9H2,1-2H3,(H,23,28)(H,25,29)(H,30,31). The maximum atomic E-state index is 12.5. The van der Waals surface area contributed by atoms with Crippen molar-refractivity contribution in [3.05, 3.63) is 32.0 Å². The SMILES string of the molecule is CCCC(=O)NCc1nc(N2CCC(NC(=O)c3[nH]c(C)c(Cl)c3Cl)CC2)sc1C(=O)O. The number of nitrogens with one attached hydrogen (secondary N) is 3. The number of aromatic nitrogens is 2. The molecule has 2 amide bonds. The van der Waals surface area contributed by atoms with E-state index in [2.05, 4.69) is 20.6 Å². The van der Waals surface area contributed by atoms with Crippen LogP contribution in [0, 0.1) is 6.92 Å². The maximum Gasteiger partial charge on any atom is 0.347 e. The molecule has 2 aromatic rings. The first-order chi connectivity index (χ1) is 15.2. The van der Waals surface area contributed by atoms with Gasteiger partial charge in [0, 0.05) is 31.2 Å². The van der Waals surface area contributed by atoms with E-state index in [4.69, 9.17) is 23.2 Å². The first-order valence-corrected chi connectivity index (χ1v) is 11.9. The first kappa shape index (κ1) is 24.3. The van der Waals surface area contributed by atoms with Gasteiger partial charge >= 0.3 is 5.97 Å². The molecule has 174 valence electrons. The van der Waals surface area contributed by atoms with Crippen molar-refractivity contribution < 1.29 is 19.5 Å². The van der Waals surface area contributed by atoms with Gasteiger partial charge in [0.15, 0.2) is 5.13 Å². The van der Waals surface area contributed by atoms with Crippen LogP contribution in [0.5, 0.6) is 0 Å². The van der Waals surface area contributed by atoms with Gasteiger partial charge in [0.25, 0.3) is 5.91 Å². The van der Waals surface area contributed by atoms with Crippen molar-refractivity contribution in [2.75, 3.05) is 18.0 Å². The minimum Gasteiger partial charge on any atom is -0.477 e. The summed E-state index contributed by atoms with van der Waals surface area (Å²) in [6.07, 6.45) is 2.44. The molecule has 0 spiro atoms. The highest BCUT2D eigenvalue weighted by molar-refractivity contribution is 7.17. The number of aromatic carboxylic acids is 1. The Morgan fingerprint density at radius 3 is 2.50 bits per heavy atom. The van der Waals surface area contributed by atoms with E-state index in [0.29, 0.717) is 60.3 Å². The number of carbonyl (C=O) groups excluding carboxylic acids is 2. The van der Waals surface area contributed by atoms with Crippen LogP contribution in [0.4, 0.5) is 5.13 Å². The molecule has 4 N–H and O–H groups in total. The molecule has 0 aliphatic carbocycles. The third kappa shape index (κ3) is 5.54. The second-order valence-electron chi connectivity index (χ2n) is 7.59. The molecular formula is C20H25Cl2N5O4S. The number of nitrogens with zero attached hydrogens (tertiary/aromatic N) is 2. The second kappa shape index (κ2) is 10.5. The van der Waals surface area contributed by atoms with Crippen LogP contribution in [0.25, 0.3) is 0 Å². The van der Waals surface area contributed by atoms with Gasteiger partial charge < -0.3 is 25.6 Å². The highest BCUT2D eigenvalue weighted by atomic mass is 35.5. The number of aryl methyl sites for hydroxylation is 1. The van der Waals surface area contributed by atoms with Crippen molar-refractivity contribution in [2.45, 2.75) is 52.1 Å². The summed E-state index contributed by atoms with van der Waals surface area (Å²) in [5.41, 5.74) is 1.24. The molecule has 1 saturated heterocycles. The fourth-order valence-corrected chi connectivity index (χ4v) is 4.85. The van der Waals surface area contributed by atoms with Gasteiger partial charge in [-0.1, -0.05) is 41.5 Å². The zero-order chi connectivity index (χ0) is 23.4. The zero-order valence-corrected chi connectivity index (χ0v) is 20.1. The lowest BCUT2D eigenvalue weighted by Crippen LogP contribution is -2.44. The van der Waals surface area contributed by atoms with E-state index >= 15 is 0 Å². The van der Waals surface area contributed by atoms with E-state index < -0.39 is 5.97 Å². The van der Waals surface area contributed by atoms with E-state index in [1.165, 1.54) is 0 Å². The molecule has 3 rings (SSSR count). The van der Waals surface area contributed by atoms with E-state index in [1.54, 1.807) is 6.92 Å². The summed E-state index contributed by atoms with van der Waals surface area (Å²) in [4.78, 5) is 45.4. The quantitative estimate of drug-likeness (QED) is 0.437. The molecule has 9 nitrogen and oxygen atoms in total. The zero-order valence-electron chi connectivity index (χ0n) is 17.8. The average Bonchev–Trinajstić information content (AvgIpc) is 3.30. The third-order valence-corrected chi connectivity index (χ3v) is 7.29. The highest BCUT2D eigenvalue weighted by Crippen LogP contribution is 2.30. The van der Waals surface area contributed by atoms with Crippen molar-refractivity contribution in [1.29, 1.82) is 0 Å². The van der Waals surface area contributed by atoms with Crippen LogP contribution in [0.2, 0.25) is 10.0 Å². The van der Waals surface area contributed by atoms with Gasteiger partial charge in [0.1, 0.15) is 10.6 Å². The van der Waals surface area contributed by atoms with Gasteiger partial charge in [0.2, 0.25) is 5.91 Å². The van der Waals surface area contributed by atoms with Gasteiger partial charge in [0.05, 0.1) is 22.3 Å². The molecular weight excluding hydrogens is 477 g/mol. The maximum absolute atomic E-state index is 12.5. The summed E-state index contributed by atoms with van der Waals surface area (Å²) in [5.74, 6) is -1.50. The Hall–Kier alpha value is -2.30. The molecule has 1 aliphatic heterocycles. The van der Waals surface area contributed by atoms with E-state index in [9.17, 15) is 19.5 Å². The Morgan fingerprint density at radius 1 is 1.25 bits per heavy atom. The Morgan fingerprint density at radius 2 is 1.94 bits per heavy atom. The molecule has 32 heavy (non-hydrogen) atoms. The van der Waals surface area contributed by atoms with Crippen LogP contribution in [0.3, 0.4) is 0 Å². The second-order valence-corrected chi connectivity index (χ2v) is 9.33. The monoisotopic (exact) mass is 501 g/mol. The number of carboxylic acids is 1. The van der Waals surface area contributed by atoms with Gasteiger partial charge in [-0.15, -0.1) is 0 Å². The van der Waals surface area contributed by atoms with Crippen molar-refractivity contribution in [2.24, 2.45) is 0 Å². The summed E-state index contributed by atoms with van der Waals surface area (Å²) in [6, 6.07) is -0.0519. The number of hydrogen-bond donors (Lipinski definition) is 4. The average molecular weight is 502 g/mol. The number of rotatable bonds is 8. The van der Waals surface area contributed by atoms with Crippen LogP contribution in [0.1, 0.15) is 64.2 Å². The van der Waals surface area contributed by atoms with Crippen LogP contribution >= 0.6 is 34.5 Å². The number of anilines is 1. The van der Waals surface area contributed by atoms with E-state index in [1.807, 2.05) is 11.8 Å². The molecule has 3 heterocycles. The molecule has 2 aromatic heterocycles. The Labute approximate surface area is 199 Å². The molecule has 0 aromatic carbocycles. The smallest absolute Gasteiger partial charge is 0.347 e. The summed E-state index contributed by atoms with van der Waals surface area (Å²) in [5, 5.41) is 16.3. The molecule has 0 radical (unpaired) electrons. The summed E-state index contributed by atoms with van der Waals surface area (Å²) in [7, 11) is 0. The Balaban J connectivity index is 1.60. The van der Waals surface area contributed by atoms with Crippen LogP contribution < -0.4 is 15.5 Å². The number of amides is 2. The third-order valence-electron chi connectivity index (χ3n) is 5.19. The van der Waals surface area contributed by atoms with Gasteiger partial charge in [-0.05, 0) is 26.2 Å². The number of carboxylic acid groups (broad SMARTS) is 1. The number of halogens is 2. The number of H-pyrrole nitrogens is 1. The Bertz CT molecular complexity index is 1010. The highest BCUT2D eigenvalue weighted by Gasteiger charge is 2.27. The molecule has 0 unspecified atom stereocenters. The molecule has 1 aliphatic rings. The molecule has 0 bridgehead atoms. The first-order valence-electron chi connectivity index (χ1n) is 10.3. The summed E-state index contributed by atoms with van der Waals surface area (Å²) < 4.78 is 0. The van der Waals surface area contributed by atoms with Gasteiger partial charge in [-0.25, -0.2) is 9.78 Å². The summed E-state index contributed by atoms with van der Waals surface area (Å²) in [6.45, 7) is 4.95. The fourth-order valence-electron chi connectivity index (χ4n) is 3.46.